The first-order chi connectivity index (χ1) is 13.8. The van der Waals surface area contributed by atoms with Crippen molar-refractivity contribution in [2.24, 2.45) is 7.05 Å². The van der Waals surface area contributed by atoms with Gasteiger partial charge in [-0.2, -0.15) is 0 Å². The molecule has 150 valence electrons. The van der Waals surface area contributed by atoms with Gasteiger partial charge in [0.2, 0.25) is 0 Å². The largest absolute Gasteiger partial charge is 0.507 e. The number of aryl methyl sites for hydroxylation is 1. The Morgan fingerprint density at radius 1 is 1.17 bits per heavy atom. The van der Waals surface area contributed by atoms with E-state index in [1.807, 2.05) is 24.3 Å². The lowest BCUT2D eigenvalue weighted by Crippen LogP contribution is -2.25. The van der Waals surface area contributed by atoms with Gasteiger partial charge < -0.3 is 19.0 Å². The molecule has 0 bridgehead atoms. The number of aromatic hydroxyl groups is 1. The van der Waals surface area contributed by atoms with Gasteiger partial charge in [0, 0.05) is 38.0 Å². The summed E-state index contributed by atoms with van der Waals surface area (Å²) < 4.78 is 7.97. The molecule has 29 heavy (non-hydrogen) atoms. The number of allylic oxidation sites excluding steroid dienone is 1. The van der Waals surface area contributed by atoms with Crippen LogP contribution in [0.3, 0.4) is 0 Å². The molecule has 0 aliphatic carbocycles. The average molecular weight is 394 g/mol. The van der Waals surface area contributed by atoms with Crippen LogP contribution in [0, 0.1) is 6.92 Å². The summed E-state index contributed by atoms with van der Waals surface area (Å²) >= 11 is 0. The molecule has 7 heteroatoms. The number of ether oxygens (including phenoxy) is 1. The van der Waals surface area contributed by atoms with Gasteiger partial charge in [-0.25, -0.2) is 0 Å². The van der Waals surface area contributed by atoms with Crippen LogP contribution in [0.2, 0.25) is 0 Å². The standard InChI is InChI=1S/C22H22N2O5/c1-14-12-19(26)20(22(28)23(14)2)18(25)9-8-16-13-15-6-4-5-7-17(15)24(21(16)27)10-11-29-3/h4-9,12-13,26H,10-11H2,1-3H3. The summed E-state index contributed by atoms with van der Waals surface area (Å²) in [7, 11) is 3.08. The van der Waals surface area contributed by atoms with Gasteiger partial charge in [0.15, 0.2) is 5.78 Å². The van der Waals surface area contributed by atoms with E-state index in [9.17, 15) is 19.5 Å². The molecule has 1 aromatic carbocycles. The van der Waals surface area contributed by atoms with Crippen LogP contribution in [-0.4, -0.2) is 33.7 Å². The highest BCUT2D eigenvalue weighted by atomic mass is 16.5. The molecular weight excluding hydrogens is 372 g/mol. The molecule has 0 unspecified atom stereocenters. The van der Waals surface area contributed by atoms with Crippen LogP contribution in [0.15, 0.2) is 52.1 Å². The molecule has 0 fully saturated rings. The number of carbonyl (C=O) groups excluding carboxylic acids is 1. The first-order valence-corrected chi connectivity index (χ1v) is 9.08. The molecule has 0 amide bonds. The highest BCUT2D eigenvalue weighted by molar-refractivity contribution is 6.08. The maximum Gasteiger partial charge on any atom is 0.265 e. The van der Waals surface area contributed by atoms with Crippen LogP contribution in [0.25, 0.3) is 17.0 Å². The van der Waals surface area contributed by atoms with Gasteiger partial charge in [-0.15, -0.1) is 0 Å². The Morgan fingerprint density at radius 3 is 2.62 bits per heavy atom. The molecule has 0 spiro atoms. The van der Waals surface area contributed by atoms with E-state index in [0.29, 0.717) is 24.4 Å². The smallest absolute Gasteiger partial charge is 0.265 e. The lowest BCUT2D eigenvalue weighted by Gasteiger charge is -2.11. The van der Waals surface area contributed by atoms with Crippen LogP contribution >= 0.6 is 0 Å². The number of hydrogen-bond donors (Lipinski definition) is 1. The topological polar surface area (TPSA) is 90.5 Å². The van der Waals surface area contributed by atoms with Crippen molar-refractivity contribution in [3.8, 4) is 5.75 Å². The number of ketones is 1. The van der Waals surface area contributed by atoms with Crippen LogP contribution in [0.4, 0.5) is 0 Å². The minimum atomic E-state index is -0.667. The summed E-state index contributed by atoms with van der Waals surface area (Å²) in [5.41, 5.74) is 0.414. The zero-order valence-electron chi connectivity index (χ0n) is 16.5. The van der Waals surface area contributed by atoms with E-state index in [2.05, 4.69) is 0 Å². The van der Waals surface area contributed by atoms with Crippen molar-refractivity contribution >= 4 is 22.8 Å². The van der Waals surface area contributed by atoms with Gasteiger partial charge in [-0.1, -0.05) is 18.2 Å². The third-order valence-electron chi connectivity index (χ3n) is 4.86. The Labute approximate surface area is 167 Å². The molecule has 0 aliphatic heterocycles. The predicted molar refractivity (Wildman–Crippen MR) is 112 cm³/mol. The van der Waals surface area contributed by atoms with Crippen molar-refractivity contribution in [1.82, 2.24) is 9.13 Å². The van der Waals surface area contributed by atoms with Gasteiger partial charge in [0.25, 0.3) is 11.1 Å². The number of benzene rings is 1. The van der Waals surface area contributed by atoms with E-state index in [4.69, 9.17) is 4.74 Å². The maximum atomic E-state index is 12.9. The highest BCUT2D eigenvalue weighted by Crippen LogP contribution is 2.17. The number of methoxy groups -OCH3 is 1. The second-order valence-electron chi connectivity index (χ2n) is 6.72. The molecule has 0 radical (unpaired) electrons. The predicted octanol–water partition coefficient (Wildman–Crippen LogP) is 2.26. The number of fused-ring (bicyclic) bond motifs is 1. The van der Waals surface area contributed by atoms with E-state index in [1.54, 1.807) is 24.7 Å². The van der Waals surface area contributed by atoms with Crippen molar-refractivity contribution in [2.75, 3.05) is 13.7 Å². The quantitative estimate of drug-likeness (QED) is 0.512. The minimum Gasteiger partial charge on any atom is -0.507 e. The maximum absolute atomic E-state index is 12.9. The first kappa shape index (κ1) is 20.3. The SMILES string of the molecule is COCCn1c(=O)c(C=CC(=O)c2c(O)cc(C)n(C)c2=O)cc2ccccc21. The van der Waals surface area contributed by atoms with Crippen LogP contribution < -0.4 is 11.1 Å². The number of rotatable bonds is 6. The molecule has 3 rings (SSSR count). The zero-order valence-corrected chi connectivity index (χ0v) is 16.5. The number of para-hydroxylation sites is 1. The van der Waals surface area contributed by atoms with E-state index >= 15 is 0 Å². The number of carbonyl (C=O) groups is 1. The van der Waals surface area contributed by atoms with Gasteiger partial charge in [0.05, 0.1) is 12.1 Å². The molecule has 0 saturated carbocycles. The van der Waals surface area contributed by atoms with Gasteiger partial charge >= 0.3 is 0 Å². The minimum absolute atomic E-state index is 0.272. The van der Waals surface area contributed by atoms with E-state index in [1.165, 1.54) is 23.8 Å². The summed E-state index contributed by atoms with van der Waals surface area (Å²) in [6, 6.07) is 10.5. The number of hydrogen-bond acceptors (Lipinski definition) is 5. The Morgan fingerprint density at radius 2 is 1.90 bits per heavy atom. The normalized spacial score (nSPS) is 11.4. The molecular formula is C22H22N2O5. The van der Waals surface area contributed by atoms with Crippen molar-refractivity contribution in [1.29, 1.82) is 0 Å². The molecule has 7 nitrogen and oxygen atoms in total. The lowest BCUT2D eigenvalue weighted by molar-refractivity contribution is 0.104. The summed E-state index contributed by atoms with van der Waals surface area (Å²) in [6.07, 6.45) is 2.51. The Hall–Kier alpha value is -3.45. The second kappa shape index (κ2) is 8.28. The fourth-order valence-electron chi connectivity index (χ4n) is 3.16. The first-order valence-electron chi connectivity index (χ1n) is 9.08. The lowest BCUT2D eigenvalue weighted by atomic mass is 10.1. The van der Waals surface area contributed by atoms with E-state index in [-0.39, 0.29) is 16.9 Å². The van der Waals surface area contributed by atoms with Crippen molar-refractivity contribution < 1.29 is 14.6 Å². The Kier molecular flexibility index (Phi) is 5.79. The van der Waals surface area contributed by atoms with Gasteiger partial charge in [0.1, 0.15) is 11.3 Å². The third kappa shape index (κ3) is 3.90. The molecule has 2 heterocycles. The molecule has 0 saturated heterocycles. The van der Waals surface area contributed by atoms with E-state index in [0.717, 1.165) is 17.0 Å². The monoisotopic (exact) mass is 394 g/mol. The molecule has 3 aromatic rings. The summed E-state index contributed by atoms with van der Waals surface area (Å²) in [6.45, 7) is 2.39. The van der Waals surface area contributed by atoms with Crippen molar-refractivity contribution in [3.05, 3.63) is 80.0 Å². The van der Waals surface area contributed by atoms with Crippen LogP contribution in [0.1, 0.15) is 21.6 Å². The summed E-state index contributed by atoms with van der Waals surface area (Å²) in [5, 5.41) is 10.9. The van der Waals surface area contributed by atoms with Crippen molar-refractivity contribution in [2.45, 2.75) is 13.5 Å². The Bertz CT molecular complexity index is 1230. The van der Waals surface area contributed by atoms with Gasteiger partial charge in [-0.3, -0.25) is 14.4 Å². The Balaban J connectivity index is 2.07. The zero-order chi connectivity index (χ0) is 21.1. The average Bonchev–Trinajstić information content (AvgIpc) is 2.70. The number of nitrogens with zero attached hydrogens (tertiary/aromatic N) is 2. The summed E-state index contributed by atoms with van der Waals surface area (Å²) in [4.78, 5) is 37.8. The van der Waals surface area contributed by atoms with Crippen LogP contribution in [0.5, 0.6) is 5.75 Å². The number of aromatic nitrogens is 2. The summed E-state index contributed by atoms with van der Waals surface area (Å²) in [5.74, 6) is -1.05. The number of pyridine rings is 2. The fraction of sp³-hybridized carbons (Fsp3) is 0.227. The van der Waals surface area contributed by atoms with E-state index < -0.39 is 11.3 Å². The highest BCUT2D eigenvalue weighted by Gasteiger charge is 2.16. The second-order valence-corrected chi connectivity index (χ2v) is 6.72. The van der Waals surface area contributed by atoms with Crippen LogP contribution in [-0.2, 0) is 18.3 Å². The molecule has 1 N–H and O–H groups in total. The third-order valence-corrected chi connectivity index (χ3v) is 4.86. The fourth-order valence-corrected chi connectivity index (χ4v) is 3.16. The van der Waals surface area contributed by atoms with Crippen molar-refractivity contribution in [3.63, 3.8) is 0 Å². The molecule has 2 aromatic heterocycles. The van der Waals surface area contributed by atoms with Gasteiger partial charge in [-0.05, 0) is 36.6 Å². The molecule has 0 atom stereocenters. The molecule has 0 aliphatic rings.